The summed E-state index contributed by atoms with van der Waals surface area (Å²) in [5.41, 5.74) is 0.728. The summed E-state index contributed by atoms with van der Waals surface area (Å²) >= 11 is 0. The molecule has 0 bridgehead atoms. The van der Waals surface area contributed by atoms with Gasteiger partial charge >= 0.3 is 6.09 Å². The van der Waals surface area contributed by atoms with E-state index >= 15 is 0 Å². The quantitative estimate of drug-likeness (QED) is 0.473. The number of hydrogen-bond donors (Lipinski definition) is 1. The molecule has 2 aromatic rings. The fourth-order valence-electron chi connectivity index (χ4n) is 3.35. The number of morpholine rings is 1. The van der Waals surface area contributed by atoms with Crippen LogP contribution in [0.1, 0.15) is 20.8 Å². The Balaban J connectivity index is 2.15. The first-order valence-electron chi connectivity index (χ1n) is 11.1. The molecule has 35 heavy (non-hydrogen) atoms. The highest BCUT2D eigenvalue weighted by atomic mass is 16.6. The van der Waals surface area contributed by atoms with Crippen molar-refractivity contribution in [3.05, 3.63) is 43.2 Å². The number of hydrogen-bond acceptors (Lipinski definition) is 8. The Morgan fingerprint density at radius 2 is 1.86 bits per heavy atom. The van der Waals surface area contributed by atoms with Crippen LogP contribution in [-0.4, -0.2) is 67.3 Å². The summed E-state index contributed by atoms with van der Waals surface area (Å²) in [5, 5.41) is 2.78. The van der Waals surface area contributed by atoms with Crippen molar-refractivity contribution in [3.8, 4) is 0 Å². The van der Waals surface area contributed by atoms with Gasteiger partial charge in [-0.3, -0.25) is 9.59 Å². The first kappa shape index (κ1) is 25.6. The Kier molecular flexibility index (Phi) is 8.02. The predicted molar refractivity (Wildman–Crippen MR) is 133 cm³/mol. The summed E-state index contributed by atoms with van der Waals surface area (Å²) in [7, 11) is 1.53. The molecule has 1 N–H and O–H groups in total. The maximum atomic E-state index is 13.4. The Morgan fingerprint density at radius 1 is 1.17 bits per heavy atom. The second-order valence-electron chi connectivity index (χ2n) is 8.76. The summed E-state index contributed by atoms with van der Waals surface area (Å²) in [4.78, 5) is 49.9. The minimum atomic E-state index is -0.803. The van der Waals surface area contributed by atoms with Gasteiger partial charge in [-0.2, -0.15) is 0 Å². The number of carbonyl (C=O) groups excluding carboxylic acids is 3. The van der Waals surface area contributed by atoms with Gasteiger partial charge in [0, 0.05) is 31.9 Å². The van der Waals surface area contributed by atoms with Crippen LogP contribution in [0, 0.1) is 0 Å². The van der Waals surface area contributed by atoms with Crippen molar-refractivity contribution >= 4 is 47.1 Å². The monoisotopic (exact) mass is 482 g/mol. The lowest BCUT2D eigenvalue weighted by molar-refractivity contribution is -0.112. The second kappa shape index (κ2) is 11.0. The number of benzene rings is 1. The zero-order valence-corrected chi connectivity index (χ0v) is 20.4. The zero-order valence-electron chi connectivity index (χ0n) is 20.4. The number of ether oxygens (including phenoxy) is 2. The molecule has 3 rings (SSSR count). The van der Waals surface area contributed by atoms with Crippen LogP contribution in [0.5, 0.6) is 0 Å². The Bertz CT molecular complexity index is 1090. The number of carbonyl (C=O) groups is 3. The topological polar surface area (TPSA) is 117 Å². The summed E-state index contributed by atoms with van der Waals surface area (Å²) in [6.07, 6.45) is 2.26. The third-order valence-electron chi connectivity index (χ3n) is 5.00. The van der Waals surface area contributed by atoms with Gasteiger partial charge in [0.1, 0.15) is 23.6 Å². The average molecular weight is 483 g/mol. The smallest absolute Gasteiger partial charge is 0.420 e. The van der Waals surface area contributed by atoms with E-state index in [1.807, 2.05) is 6.07 Å². The minimum absolute atomic E-state index is 0.158. The van der Waals surface area contributed by atoms with Crippen LogP contribution >= 0.6 is 0 Å². The molecule has 0 spiro atoms. The summed E-state index contributed by atoms with van der Waals surface area (Å²) in [6.45, 7) is 11.3. The van der Waals surface area contributed by atoms with E-state index in [2.05, 4.69) is 26.8 Å². The van der Waals surface area contributed by atoms with Crippen molar-refractivity contribution < 1.29 is 23.9 Å². The molecule has 1 aliphatic rings. The second-order valence-corrected chi connectivity index (χ2v) is 8.76. The highest BCUT2D eigenvalue weighted by molar-refractivity contribution is 6.06. The maximum absolute atomic E-state index is 13.4. The SMILES string of the molecule is C=CC(=O)Nc1cc(N2CCOCC2)ccc1N(C(=O)OC(C)(C)C)c1cc(N(C)C=O)ncn1. The molecule has 1 aromatic heterocycles. The first-order valence-corrected chi connectivity index (χ1v) is 11.1. The van der Waals surface area contributed by atoms with Crippen LogP contribution in [0.15, 0.2) is 43.2 Å². The summed E-state index contributed by atoms with van der Waals surface area (Å²) < 4.78 is 11.1. The van der Waals surface area contributed by atoms with Crippen molar-refractivity contribution in [2.45, 2.75) is 26.4 Å². The fraction of sp³-hybridized carbons (Fsp3) is 0.375. The molecule has 186 valence electrons. The number of nitrogens with one attached hydrogen (secondary N) is 1. The van der Waals surface area contributed by atoms with Crippen LogP contribution in [0.4, 0.5) is 33.5 Å². The molecule has 11 nitrogen and oxygen atoms in total. The number of anilines is 5. The molecule has 0 radical (unpaired) electrons. The van der Waals surface area contributed by atoms with Crippen LogP contribution in [-0.2, 0) is 19.1 Å². The highest BCUT2D eigenvalue weighted by Gasteiger charge is 2.29. The standard InChI is InChI=1S/C24H30N6O5/c1-6-22(32)27-18-13-17(29-9-11-34-12-10-29)7-8-19(18)30(23(33)35-24(2,3)4)21-14-20(25-15-26-21)28(5)16-31/h6-8,13-16H,1,9-12H2,2-5H3,(H,27,32). The molecule has 2 heterocycles. The van der Waals surface area contributed by atoms with Gasteiger partial charge in [0.05, 0.1) is 24.6 Å². The van der Waals surface area contributed by atoms with E-state index in [1.54, 1.807) is 32.9 Å². The molecule has 3 amide bonds. The van der Waals surface area contributed by atoms with Crippen molar-refractivity contribution in [2.24, 2.45) is 0 Å². The van der Waals surface area contributed by atoms with E-state index in [0.29, 0.717) is 44.1 Å². The molecule has 0 atom stereocenters. The first-order chi connectivity index (χ1) is 16.6. The zero-order chi connectivity index (χ0) is 25.6. The highest BCUT2D eigenvalue weighted by Crippen LogP contribution is 2.36. The van der Waals surface area contributed by atoms with Crippen molar-refractivity contribution in [2.75, 3.05) is 53.4 Å². The van der Waals surface area contributed by atoms with E-state index in [9.17, 15) is 14.4 Å². The molecule has 1 aromatic carbocycles. The van der Waals surface area contributed by atoms with E-state index < -0.39 is 17.6 Å². The maximum Gasteiger partial charge on any atom is 0.420 e. The van der Waals surface area contributed by atoms with Gasteiger partial charge in [-0.05, 0) is 45.0 Å². The number of aromatic nitrogens is 2. The molecule has 1 aliphatic heterocycles. The Morgan fingerprint density at radius 3 is 2.49 bits per heavy atom. The van der Waals surface area contributed by atoms with Gasteiger partial charge in [-0.15, -0.1) is 0 Å². The molecule has 1 saturated heterocycles. The summed E-state index contributed by atoms with van der Waals surface area (Å²) in [6, 6.07) is 6.81. The Labute approximate surface area is 204 Å². The number of rotatable bonds is 7. The van der Waals surface area contributed by atoms with Gasteiger partial charge in [0.2, 0.25) is 12.3 Å². The molecule has 1 fully saturated rings. The molecular formula is C24H30N6O5. The van der Waals surface area contributed by atoms with Gasteiger partial charge in [-0.25, -0.2) is 19.7 Å². The number of amides is 3. The average Bonchev–Trinajstić information content (AvgIpc) is 2.84. The third-order valence-corrected chi connectivity index (χ3v) is 5.00. The van der Waals surface area contributed by atoms with Crippen LogP contribution in [0.25, 0.3) is 0 Å². The van der Waals surface area contributed by atoms with Gasteiger partial charge in [-0.1, -0.05) is 6.58 Å². The van der Waals surface area contributed by atoms with Crippen molar-refractivity contribution in [1.82, 2.24) is 9.97 Å². The number of nitrogens with zero attached hydrogens (tertiary/aromatic N) is 5. The largest absolute Gasteiger partial charge is 0.443 e. The van der Waals surface area contributed by atoms with Crippen LogP contribution in [0.2, 0.25) is 0 Å². The van der Waals surface area contributed by atoms with Crippen LogP contribution < -0.4 is 20.0 Å². The van der Waals surface area contributed by atoms with E-state index in [1.165, 1.54) is 29.2 Å². The lowest BCUT2D eigenvalue weighted by Gasteiger charge is -2.31. The molecule has 0 aliphatic carbocycles. The molecule has 0 unspecified atom stereocenters. The minimum Gasteiger partial charge on any atom is -0.443 e. The van der Waals surface area contributed by atoms with Gasteiger partial charge < -0.3 is 24.6 Å². The van der Waals surface area contributed by atoms with E-state index in [-0.39, 0.29) is 11.6 Å². The lowest BCUT2D eigenvalue weighted by Crippen LogP contribution is -2.37. The normalized spacial score (nSPS) is 13.5. The predicted octanol–water partition coefficient (Wildman–Crippen LogP) is 3.10. The van der Waals surface area contributed by atoms with Crippen LogP contribution in [0.3, 0.4) is 0 Å². The summed E-state index contributed by atoms with van der Waals surface area (Å²) in [5.74, 6) is -0.00933. The van der Waals surface area contributed by atoms with Gasteiger partial charge in [0.25, 0.3) is 0 Å². The molecule has 11 heteroatoms. The van der Waals surface area contributed by atoms with Gasteiger partial charge in [0.15, 0.2) is 0 Å². The van der Waals surface area contributed by atoms with Crippen molar-refractivity contribution in [1.29, 1.82) is 0 Å². The molecule has 0 saturated carbocycles. The van der Waals surface area contributed by atoms with E-state index in [4.69, 9.17) is 9.47 Å². The van der Waals surface area contributed by atoms with Crippen molar-refractivity contribution in [3.63, 3.8) is 0 Å². The lowest BCUT2D eigenvalue weighted by atomic mass is 10.1. The third kappa shape index (κ3) is 6.54. The molecular weight excluding hydrogens is 452 g/mol. The fourth-order valence-corrected chi connectivity index (χ4v) is 3.35. The Hall–Kier alpha value is -3.99. The van der Waals surface area contributed by atoms with E-state index in [0.717, 1.165) is 11.8 Å².